The van der Waals surface area contributed by atoms with Crippen molar-refractivity contribution in [1.29, 1.82) is 0 Å². The van der Waals surface area contributed by atoms with Gasteiger partial charge in [-0.3, -0.25) is 4.79 Å². The quantitative estimate of drug-likeness (QED) is 0.645. The first-order valence-electron chi connectivity index (χ1n) is 9.93. The van der Waals surface area contributed by atoms with Crippen LogP contribution in [0, 0.1) is 11.7 Å². The first kappa shape index (κ1) is 23.9. The Kier molecular flexibility index (Phi) is 7.35. The van der Waals surface area contributed by atoms with Crippen LogP contribution in [0.3, 0.4) is 0 Å². The van der Waals surface area contributed by atoms with Crippen LogP contribution in [-0.4, -0.2) is 31.7 Å². The Balaban J connectivity index is 1.55. The Labute approximate surface area is 183 Å². The number of carbonyl (C=O) groups is 1. The highest BCUT2D eigenvalue weighted by Gasteiger charge is 2.34. The van der Waals surface area contributed by atoms with Gasteiger partial charge in [0.2, 0.25) is 15.9 Å². The van der Waals surface area contributed by atoms with Gasteiger partial charge in [0.15, 0.2) is 0 Å². The largest absolute Gasteiger partial charge is 0.416 e. The third-order valence-electron chi connectivity index (χ3n) is 5.25. The summed E-state index contributed by atoms with van der Waals surface area (Å²) in [6.07, 6.45) is -2.75. The molecule has 1 amide bonds. The standard InChI is InChI=1S/C22H22F4N2O3S/c23-19-7-6-18(20(14-19)22(24,25)26)15-27-21(29)17-8-11-28(12-9-17)32(30,31)13-10-16-4-2-1-3-5-16/h1-7,10,13-14,17H,8-9,11-12,15H2,(H,27,29)/b13-10+. The van der Waals surface area contributed by atoms with Crippen molar-refractivity contribution in [2.45, 2.75) is 25.6 Å². The van der Waals surface area contributed by atoms with Gasteiger partial charge in [-0.1, -0.05) is 36.4 Å². The molecule has 32 heavy (non-hydrogen) atoms. The zero-order valence-corrected chi connectivity index (χ0v) is 17.8. The van der Waals surface area contributed by atoms with Gasteiger partial charge in [-0.05, 0) is 42.2 Å². The molecule has 1 aliphatic rings. The van der Waals surface area contributed by atoms with Gasteiger partial charge < -0.3 is 5.32 Å². The lowest BCUT2D eigenvalue weighted by molar-refractivity contribution is -0.138. The molecule has 2 aromatic carbocycles. The van der Waals surface area contributed by atoms with Crippen molar-refractivity contribution in [3.05, 3.63) is 76.4 Å². The smallest absolute Gasteiger partial charge is 0.352 e. The Bertz CT molecular complexity index is 1080. The van der Waals surface area contributed by atoms with E-state index in [9.17, 15) is 30.8 Å². The lowest BCUT2D eigenvalue weighted by atomic mass is 9.97. The van der Waals surface area contributed by atoms with Crippen molar-refractivity contribution >= 4 is 22.0 Å². The van der Waals surface area contributed by atoms with Crippen molar-refractivity contribution < 1.29 is 30.8 Å². The number of alkyl halides is 3. The van der Waals surface area contributed by atoms with Crippen LogP contribution >= 0.6 is 0 Å². The first-order chi connectivity index (χ1) is 15.1. The number of rotatable bonds is 6. The molecule has 1 N–H and O–H groups in total. The van der Waals surface area contributed by atoms with E-state index in [2.05, 4.69) is 5.32 Å². The van der Waals surface area contributed by atoms with Gasteiger partial charge in [0, 0.05) is 31.0 Å². The van der Waals surface area contributed by atoms with E-state index in [1.54, 1.807) is 24.3 Å². The van der Waals surface area contributed by atoms with Crippen LogP contribution in [-0.2, 0) is 27.5 Å². The molecule has 0 spiro atoms. The maximum Gasteiger partial charge on any atom is 0.416 e. The number of amides is 1. The molecule has 0 atom stereocenters. The molecule has 5 nitrogen and oxygen atoms in total. The zero-order valence-electron chi connectivity index (χ0n) is 17.0. The minimum Gasteiger partial charge on any atom is -0.352 e. The molecular formula is C22H22F4N2O3S. The summed E-state index contributed by atoms with van der Waals surface area (Å²) in [5.41, 5.74) is -0.633. The van der Waals surface area contributed by atoms with Crippen LogP contribution in [0.5, 0.6) is 0 Å². The van der Waals surface area contributed by atoms with Crippen LogP contribution in [0.2, 0.25) is 0 Å². The fourth-order valence-electron chi connectivity index (χ4n) is 3.48. The van der Waals surface area contributed by atoms with Crippen molar-refractivity contribution in [2.75, 3.05) is 13.1 Å². The maximum atomic E-state index is 13.2. The average Bonchev–Trinajstić information content (AvgIpc) is 2.77. The Morgan fingerprint density at radius 1 is 1.09 bits per heavy atom. The predicted octanol–water partition coefficient (Wildman–Crippen LogP) is 4.17. The Hall–Kier alpha value is -2.72. The van der Waals surface area contributed by atoms with Crippen LogP contribution < -0.4 is 5.32 Å². The van der Waals surface area contributed by atoms with Crippen LogP contribution in [0.1, 0.15) is 29.5 Å². The molecule has 1 aliphatic heterocycles. The van der Waals surface area contributed by atoms with Crippen molar-refractivity contribution in [3.63, 3.8) is 0 Å². The van der Waals surface area contributed by atoms with Crippen LogP contribution in [0.15, 0.2) is 53.9 Å². The summed E-state index contributed by atoms with van der Waals surface area (Å²) in [4.78, 5) is 12.4. The molecule has 0 aromatic heterocycles. The average molecular weight is 470 g/mol. The number of benzene rings is 2. The summed E-state index contributed by atoms with van der Waals surface area (Å²) < 4.78 is 78.8. The summed E-state index contributed by atoms with van der Waals surface area (Å²) in [5, 5.41) is 3.58. The van der Waals surface area contributed by atoms with Gasteiger partial charge in [-0.2, -0.15) is 17.5 Å². The Morgan fingerprint density at radius 3 is 2.38 bits per heavy atom. The van der Waals surface area contributed by atoms with E-state index < -0.39 is 46.0 Å². The zero-order chi connectivity index (χ0) is 23.4. The molecular weight excluding hydrogens is 448 g/mol. The fraction of sp³-hybridized carbons (Fsp3) is 0.318. The van der Waals surface area contributed by atoms with Crippen molar-refractivity contribution in [2.24, 2.45) is 5.92 Å². The normalized spacial score (nSPS) is 16.4. The van der Waals surface area contributed by atoms with Gasteiger partial charge in [0.05, 0.1) is 5.56 Å². The second-order valence-corrected chi connectivity index (χ2v) is 9.27. The topological polar surface area (TPSA) is 66.5 Å². The fourth-order valence-corrected chi connectivity index (χ4v) is 4.70. The Morgan fingerprint density at radius 2 is 1.75 bits per heavy atom. The number of carbonyl (C=O) groups excluding carboxylic acids is 1. The minimum absolute atomic E-state index is 0.129. The van der Waals surface area contributed by atoms with E-state index in [0.717, 1.165) is 23.1 Å². The molecule has 0 bridgehead atoms. The molecule has 1 saturated heterocycles. The number of nitrogens with one attached hydrogen (secondary N) is 1. The van der Waals surface area contributed by atoms with E-state index in [1.165, 1.54) is 10.4 Å². The number of halogens is 4. The highest BCUT2D eigenvalue weighted by atomic mass is 32.2. The van der Waals surface area contributed by atoms with E-state index >= 15 is 0 Å². The second-order valence-electron chi connectivity index (χ2n) is 7.45. The lowest BCUT2D eigenvalue weighted by Gasteiger charge is -2.29. The number of piperidine rings is 1. The summed E-state index contributed by atoms with van der Waals surface area (Å²) in [7, 11) is -3.65. The third-order valence-corrected chi connectivity index (χ3v) is 6.81. The van der Waals surface area contributed by atoms with Gasteiger partial charge in [-0.15, -0.1) is 0 Å². The molecule has 1 heterocycles. The third kappa shape index (κ3) is 6.17. The summed E-state index contributed by atoms with van der Waals surface area (Å²) >= 11 is 0. The van der Waals surface area contributed by atoms with Crippen molar-refractivity contribution in [3.8, 4) is 0 Å². The summed E-state index contributed by atoms with van der Waals surface area (Å²) in [6, 6.07) is 11.2. The van der Waals surface area contributed by atoms with E-state index in [-0.39, 0.29) is 31.5 Å². The molecule has 3 rings (SSSR count). The molecule has 1 fully saturated rings. The van der Waals surface area contributed by atoms with Gasteiger partial charge in [-0.25, -0.2) is 12.8 Å². The number of hydrogen-bond acceptors (Lipinski definition) is 3. The second kappa shape index (κ2) is 9.83. The summed E-state index contributed by atoms with van der Waals surface area (Å²) in [5.74, 6) is -1.99. The monoisotopic (exact) mass is 470 g/mol. The molecule has 10 heteroatoms. The number of sulfonamides is 1. The van der Waals surface area contributed by atoms with Crippen LogP contribution in [0.4, 0.5) is 17.6 Å². The number of hydrogen-bond donors (Lipinski definition) is 1. The predicted molar refractivity (Wildman–Crippen MR) is 112 cm³/mol. The maximum absolute atomic E-state index is 13.2. The van der Waals surface area contributed by atoms with E-state index in [0.29, 0.717) is 6.07 Å². The highest BCUT2D eigenvalue weighted by molar-refractivity contribution is 7.92. The number of nitrogens with zero attached hydrogens (tertiary/aromatic N) is 1. The molecule has 172 valence electrons. The first-order valence-corrected chi connectivity index (χ1v) is 11.4. The SMILES string of the molecule is O=C(NCc1ccc(F)cc1C(F)(F)F)C1CCN(S(=O)(=O)/C=C/c2ccccc2)CC1. The van der Waals surface area contributed by atoms with Gasteiger partial charge in [0.1, 0.15) is 5.82 Å². The van der Waals surface area contributed by atoms with Crippen LogP contribution in [0.25, 0.3) is 6.08 Å². The van der Waals surface area contributed by atoms with E-state index in [4.69, 9.17) is 0 Å². The molecule has 0 radical (unpaired) electrons. The van der Waals surface area contributed by atoms with Gasteiger partial charge in [0.25, 0.3) is 0 Å². The lowest BCUT2D eigenvalue weighted by Crippen LogP contribution is -2.42. The molecule has 0 saturated carbocycles. The molecule has 0 unspecified atom stereocenters. The molecule has 0 aliphatic carbocycles. The minimum atomic E-state index is -4.74. The van der Waals surface area contributed by atoms with Gasteiger partial charge >= 0.3 is 6.18 Å². The molecule has 2 aromatic rings. The van der Waals surface area contributed by atoms with E-state index in [1.807, 2.05) is 6.07 Å². The summed E-state index contributed by atoms with van der Waals surface area (Å²) in [6.45, 7) is -0.139. The highest BCUT2D eigenvalue weighted by Crippen LogP contribution is 2.32. The van der Waals surface area contributed by atoms with Crippen molar-refractivity contribution in [1.82, 2.24) is 9.62 Å².